The van der Waals surface area contributed by atoms with E-state index in [1.807, 2.05) is 6.92 Å². The van der Waals surface area contributed by atoms with E-state index in [1.165, 1.54) is 0 Å². The van der Waals surface area contributed by atoms with Gasteiger partial charge in [-0.2, -0.15) is 0 Å². The first-order valence-corrected chi connectivity index (χ1v) is 7.18. The smallest absolute Gasteiger partial charge is 0.178 e. The highest BCUT2D eigenvalue weighted by atomic mass is 79.9. The molecule has 0 aliphatic heterocycles. The third kappa shape index (κ3) is 3.93. The molecule has 0 aliphatic carbocycles. The Morgan fingerprint density at radius 3 is 2.33 bits per heavy atom. The van der Waals surface area contributed by atoms with E-state index in [-0.39, 0.29) is 10.7 Å². The molecular formula is C10H14BrNO2S. The number of rotatable bonds is 4. The highest BCUT2D eigenvalue weighted by molar-refractivity contribution is 9.09. The molecule has 0 spiro atoms. The third-order valence-electron chi connectivity index (χ3n) is 2.04. The normalized spacial score (nSPS) is 13.8. The van der Waals surface area contributed by atoms with E-state index in [9.17, 15) is 8.42 Å². The Hall–Kier alpha value is -0.390. The number of hydrogen-bond acceptors (Lipinski definition) is 3. The first kappa shape index (κ1) is 12.7. The Morgan fingerprint density at radius 1 is 1.33 bits per heavy atom. The number of sulfone groups is 1. The third-order valence-corrected chi connectivity index (χ3v) is 4.26. The molecule has 0 heterocycles. The van der Waals surface area contributed by atoms with Crippen molar-refractivity contribution < 1.29 is 8.42 Å². The van der Waals surface area contributed by atoms with Gasteiger partial charge in [-0.05, 0) is 25.5 Å². The van der Waals surface area contributed by atoms with Gasteiger partial charge in [0.05, 0.1) is 15.6 Å². The fourth-order valence-electron chi connectivity index (χ4n) is 1.13. The molecule has 0 saturated heterocycles. The van der Waals surface area contributed by atoms with Crippen molar-refractivity contribution in [1.29, 1.82) is 0 Å². The van der Waals surface area contributed by atoms with Crippen LogP contribution >= 0.6 is 15.9 Å². The Bertz CT molecular complexity index is 412. The Morgan fingerprint density at radius 2 is 1.87 bits per heavy atom. The highest BCUT2D eigenvalue weighted by Gasteiger charge is 2.14. The number of hydrogen-bond donors (Lipinski definition) is 1. The van der Waals surface area contributed by atoms with Crippen molar-refractivity contribution in [3.63, 3.8) is 0 Å². The van der Waals surface area contributed by atoms with Crippen LogP contribution in [0.2, 0.25) is 0 Å². The summed E-state index contributed by atoms with van der Waals surface area (Å²) in [5.74, 6) is 0.0719. The summed E-state index contributed by atoms with van der Waals surface area (Å²) in [5, 5.41) is 0. The maximum absolute atomic E-state index is 11.8. The van der Waals surface area contributed by atoms with Crippen molar-refractivity contribution in [2.75, 3.05) is 5.75 Å². The van der Waals surface area contributed by atoms with Crippen LogP contribution in [0.25, 0.3) is 0 Å². The lowest BCUT2D eigenvalue weighted by Crippen LogP contribution is -2.17. The van der Waals surface area contributed by atoms with Crippen LogP contribution < -0.4 is 5.73 Å². The summed E-state index contributed by atoms with van der Waals surface area (Å²) in [6.45, 7) is 1.92. The average Bonchev–Trinajstić information content (AvgIpc) is 2.16. The fourth-order valence-corrected chi connectivity index (χ4v) is 3.01. The van der Waals surface area contributed by atoms with Crippen LogP contribution in [0.4, 0.5) is 0 Å². The molecule has 1 aromatic rings. The zero-order chi connectivity index (χ0) is 11.5. The summed E-state index contributed by atoms with van der Waals surface area (Å²) in [4.78, 5) is 0.0963. The molecule has 0 saturated carbocycles. The molecular weight excluding hydrogens is 278 g/mol. The highest BCUT2D eigenvalue weighted by Crippen LogP contribution is 2.14. The molecule has 0 radical (unpaired) electrons. The molecule has 1 unspecified atom stereocenters. The summed E-state index contributed by atoms with van der Waals surface area (Å²) < 4.78 is 23.5. The van der Waals surface area contributed by atoms with E-state index in [1.54, 1.807) is 24.3 Å². The van der Waals surface area contributed by atoms with Crippen molar-refractivity contribution in [1.82, 2.24) is 0 Å². The lowest BCUT2D eigenvalue weighted by atomic mass is 10.2. The first-order valence-electron chi connectivity index (χ1n) is 4.61. The molecule has 15 heavy (non-hydrogen) atoms. The molecule has 84 valence electrons. The molecule has 2 N–H and O–H groups in total. The standard InChI is InChI=1S/C10H14BrNO2S/c1-8-2-4-9(5-3-8)15(13,14)7-6-10(11)12/h2-5,10H,6-7,12H2,1H3. The van der Waals surface area contributed by atoms with Crippen LogP contribution in [0.3, 0.4) is 0 Å². The van der Waals surface area contributed by atoms with Gasteiger partial charge in [-0.3, -0.25) is 0 Å². The number of nitrogens with two attached hydrogens (primary N) is 1. The van der Waals surface area contributed by atoms with E-state index >= 15 is 0 Å². The van der Waals surface area contributed by atoms with Gasteiger partial charge in [0.2, 0.25) is 0 Å². The summed E-state index contributed by atoms with van der Waals surface area (Å²) >= 11 is 3.12. The second kappa shape index (κ2) is 5.09. The van der Waals surface area contributed by atoms with E-state index < -0.39 is 9.84 Å². The van der Waals surface area contributed by atoms with E-state index in [2.05, 4.69) is 15.9 Å². The van der Waals surface area contributed by atoms with Gasteiger partial charge in [0, 0.05) is 0 Å². The molecule has 1 rings (SSSR count). The van der Waals surface area contributed by atoms with Crippen LogP contribution in [-0.4, -0.2) is 19.1 Å². The molecule has 0 bridgehead atoms. The maximum Gasteiger partial charge on any atom is 0.178 e. The van der Waals surface area contributed by atoms with Crippen molar-refractivity contribution in [3.05, 3.63) is 29.8 Å². The van der Waals surface area contributed by atoms with Crippen LogP contribution in [0.1, 0.15) is 12.0 Å². The van der Waals surface area contributed by atoms with E-state index in [0.717, 1.165) is 5.56 Å². The molecule has 0 aliphatic rings. The quantitative estimate of drug-likeness (QED) is 0.680. The van der Waals surface area contributed by atoms with Crippen molar-refractivity contribution in [3.8, 4) is 0 Å². The zero-order valence-corrected chi connectivity index (χ0v) is 10.9. The lowest BCUT2D eigenvalue weighted by molar-refractivity contribution is 0.593. The van der Waals surface area contributed by atoms with Crippen LogP contribution in [0.5, 0.6) is 0 Å². The van der Waals surface area contributed by atoms with E-state index in [0.29, 0.717) is 11.3 Å². The predicted molar refractivity (Wildman–Crippen MR) is 64.8 cm³/mol. The zero-order valence-electron chi connectivity index (χ0n) is 8.48. The largest absolute Gasteiger partial charge is 0.319 e. The first-order chi connectivity index (χ1) is 6.92. The van der Waals surface area contributed by atoms with Gasteiger partial charge in [0.25, 0.3) is 0 Å². The summed E-state index contributed by atoms with van der Waals surface area (Å²) in [7, 11) is -3.18. The second-order valence-corrected chi connectivity index (χ2v) is 6.72. The second-order valence-electron chi connectivity index (χ2n) is 3.44. The fraction of sp³-hybridized carbons (Fsp3) is 0.400. The minimum absolute atomic E-state index is 0.0719. The molecule has 0 aromatic heterocycles. The number of halogens is 1. The molecule has 5 heteroatoms. The maximum atomic E-state index is 11.8. The Kier molecular flexibility index (Phi) is 4.31. The molecule has 1 aromatic carbocycles. The van der Waals surface area contributed by atoms with Crippen molar-refractivity contribution in [2.45, 2.75) is 23.2 Å². The monoisotopic (exact) mass is 291 g/mol. The summed E-state index contributed by atoms with van der Waals surface area (Å²) in [6, 6.07) is 6.84. The average molecular weight is 292 g/mol. The summed E-state index contributed by atoms with van der Waals surface area (Å²) in [5.41, 5.74) is 6.50. The lowest BCUT2D eigenvalue weighted by Gasteiger charge is -2.06. The minimum atomic E-state index is -3.18. The van der Waals surface area contributed by atoms with Crippen LogP contribution in [0.15, 0.2) is 29.2 Å². The van der Waals surface area contributed by atoms with Crippen molar-refractivity contribution >= 4 is 25.8 Å². The summed E-state index contributed by atoms with van der Waals surface area (Å²) in [6.07, 6.45) is 0.413. The Balaban J connectivity index is 2.82. The molecule has 0 amide bonds. The predicted octanol–water partition coefficient (Wildman–Crippen LogP) is 1.84. The SMILES string of the molecule is Cc1ccc(S(=O)(=O)CCC(N)Br)cc1. The van der Waals surface area contributed by atoms with Gasteiger partial charge < -0.3 is 5.73 Å². The minimum Gasteiger partial charge on any atom is -0.319 e. The molecule has 3 nitrogen and oxygen atoms in total. The van der Waals surface area contributed by atoms with Gasteiger partial charge in [-0.1, -0.05) is 33.6 Å². The topological polar surface area (TPSA) is 60.2 Å². The molecule has 1 atom stereocenters. The molecule has 0 fully saturated rings. The number of alkyl halides is 1. The van der Waals surface area contributed by atoms with Gasteiger partial charge in [0.15, 0.2) is 9.84 Å². The number of aryl methyl sites for hydroxylation is 1. The van der Waals surface area contributed by atoms with Crippen LogP contribution in [0, 0.1) is 6.92 Å². The van der Waals surface area contributed by atoms with Crippen molar-refractivity contribution in [2.24, 2.45) is 5.73 Å². The van der Waals surface area contributed by atoms with Gasteiger partial charge in [0.1, 0.15) is 0 Å². The number of benzene rings is 1. The van der Waals surface area contributed by atoms with Crippen LogP contribution in [-0.2, 0) is 9.84 Å². The van der Waals surface area contributed by atoms with Gasteiger partial charge in [-0.15, -0.1) is 0 Å². The van der Waals surface area contributed by atoms with Gasteiger partial charge >= 0.3 is 0 Å². The Labute approximate surface area is 98.7 Å². The van der Waals surface area contributed by atoms with Gasteiger partial charge in [-0.25, -0.2) is 8.42 Å². The van der Waals surface area contributed by atoms with E-state index in [4.69, 9.17) is 5.73 Å².